The third-order valence-electron chi connectivity index (χ3n) is 2.38. The van der Waals surface area contributed by atoms with Crippen LogP contribution < -0.4 is 5.43 Å². The van der Waals surface area contributed by atoms with Crippen molar-refractivity contribution in [1.29, 1.82) is 0 Å². The quantitative estimate of drug-likeness (QED) is 0.647. The number of hydrogen-bond acceptors (Lipinski definition) is 2. The third kappa shape index (κ3) is 3.13. The minimum Gasteiger partial charge on any atom is -0.278 e. The highest BCUT2D eigenvalue weighted by molar-refractivity contribution is 5.80. The zero-order chi connectivity index (χ0) is 13.0. The molecule has 0 saturated carbocycles. The van der Waals surface area contributed by atoms with E-state index in [9.17, 15) is 8.78 Å². The molecule has 0 unspecified atom stereocenters. The molecule has 0 aliphatic carbocycles. The second-order valence-electron chi connectivity index (χ2n) is 3.91. The second-order valence-corrected chi connectivity index (χ2v) is 3.91. The molecule has 18 heavy (non-hydrogen) atoms. The lowest BCUT2D eigenvalue weighted by Crippen LogP contribution is -1.94. The summed E-state index contributed by atoms with van der Waals surface area (Å²) in [5.74, 6) is -1.24. The van der Waals surface area contributed by atoms with Gasteiger partial charge in [0.1, 0.15) is 11.6 Å². The molecule has 2 nitrogen and oxygen atoms in total. The summed E-state index contributed by atoms with van der Waals surface area (Å²) in [5.41, 5.74) is 4.93. The molecule has 2 aromatic carbocycles. The number of benzene rings is 2. The van der Waals surface area contributed by atoms with Gasteiger partial charge in [-0.05, 0) is 36.8 Å². The van der Waals surface area contributed by atoms with Gasteiger partial charge in [0.05, 0.1) is 11.9 Å². The molecule has 0 heterocycles. The molecular formula is C14H12F2N2. The van der Waals surface area contributed by atoms with Crippen molar-refractivity contribution in [2.45, 2.75) is 6.92 Å². The van der Waals surface area contributed by atoms with Crippen molar-refractivity contribution in [1.82, 2.24) is 0 Å². The predicted octanol–water partition coefficient (Wildman–Crippen LogP) is 3.72. The van der Waals surface area contributed by atoms with Crippen LogP contribution in [0.4, 0.5) is 14.5 Å². The number of aryl methyl sites for hydroxylation is 1. The van der Waals surface area contributed by atoms with E-state index in [1.54, 1.807) is 0 Å². The predicted molar refractivity (Wildman–Crippen MR) is 68.8 cm³/mol. The molecule has 92 valence electrons. The molecule has 0 atom stereocenters. The maximum Gasteiger partial charge on any atom is 0.134 e. The second kappa shape index (κ2) is 5.40. The standard InChI is InChI=1S/C14H12F2N2/c1-10-3-2-4-13(7-10)18-17-9-11-5-6-12(15)8-14(11)16/h2-9,18H,1H3/b17-9-. The monoisotopic (exact) mass is 246 g/mol. The maximum atomic E-state index is 13.3. The van der Waals surface area contributed by atoms with Crippen LogP contribution in [0.15, 0.2) is 47.6 Å². The highest BCUT2D eigenvalue weighted by Gasteiger charge is 2.00. The Balaban J connectivity index is 2.07. The van der Waals surface area contributed by atoms with Crippen molar-refractivity contribution in [2.24, 2.45) is 5.10 Å². The highest BCUT2D eigenvalue weighted by Crippen LogP contribution is 2.10. The molecule has 0 bridgehead atoms. The third-order valence-corrected chi connectivity index (χ3v) is 2.38. The van der Waals surface area contributed by atoms with Crippen LogP contribution in [0.3, 0.4) is 0 Å². The fourth-order valence-electron chi connectivity index (χ4n) is 1.50. The lowest BCUT2D eigenvalue weighted by atomic mass is 10.2. The van der Waals surface area contributed by atoms with Crippen LogP contribution in [0.5, 0.6) is 0 Å². The van der Waals surface area contributed by atoms with Crippen molar-refractivity contribution in [2.75, 3.05) is 5.43 Å². The van der Waals surface area contributed by atoms with E-state index in [0.717, 1.165) is 17.3 Å². The highest BCUT2D eigenvalue weighted by atomic mass is 19.1. The first-order chi connectivity index (χ1) is 8.65. The van der Waals surface area contributed by atoms with Crippen LogP contribution in [0.2, 0.25) is 0 Å². The van der Waals surface area contributed by atoms with Crippen LogP contribution in [-0.2, 0) is 0 Å². The first-order valence-corrected chi connectivity index (χ1v) is 5.46. The van der Waals surface area contributed by atoms with E-state index >= 15 is 0 Å². The number of hydrazone groups is 1. The smallest absolute Gasteiger partial charge is 0.134 e. The van der Waals surface area contributed by atoms with Gasteiger partial charge >= 0.3 is 0 Å². The van der Waals surface area contributed by atoms with E-state index in [4.69, 9.17) is 0 Å². The van der Waals surface area contributed by atoms with Crippen molar-refractivity contribution in [3.8, 4) is 0 Å². The lowest BCUT2D eigenvalue weighted by molar-refractivity contribution is 0.582. The normalized spacial score (nSPS) is 10.8. The SMILES string of the molecule is Cc1cccc(N/N=C\c2ccc(F)cc2F)c1. The Labute approximate surface area is 104 Å². The lowest BCUT2D eigenvalue weighted by Gasteiger charge is -2.01. The van der Waals surface area contributed by atoms with E-state index in [1.807, 2.05) is 31.2 Å². The van der Waals surface area contributed by atoms with Crippen molar-refractivity contribution < 1.29 is 8.78 Å². The van der Waals surface area contributed by atoms with Gasteiger partial charge < -0.3 is 0 Å². The number of nitrogens with zero attached hydrogens (tertiary/aromatic N) is 1. The number of halogens is 2. The Morgan fingerprint density at radius 3 is 2.67 bits per heavy atom. The fourth-order valence-corrected chi connectivity index (χ4v) is 1.50. The summed E-state index contributed by atoms with van der Waals surface area (Å²) in [4.78, 5) is 0. The van der Waals surface area contributed by atoms with Crippen LogP contribution in [-0.4, -0.2) is 6.21 Å². The van der Waals surface area contributed by atoms with Gasteiger partial charge in [0.2, 0.25) is 0 Å². The first kappa shape index (κ1) is 12.2. The largest absolute Gasteiger partial charge is 0.278 e. The summed E-state index contributed by atoms with van der Waals surface area (Å²) in [6, 6.07) is 11.0. The van der Waals surface area contributed by atoms with Gasteiger partial charge in [-0.2, -0.15) is 5.10 Å². The molecule has 0 aliphatic heterocycles. The van der Waals surface area contributed by atoms with Gasteiger partial charge in [-0.3, -0.25) is 5.43 Å². The first-order valence-electron chi connectivity index (χ1n) is 5.46. The van der Waals surface area contributed by atoms with Crippen LogP contribution in [0.1, 0.15) is 11.1 Å². The van der Waals surface area contributed by atoms with Gasteiger partial charge in [-0.25, -0.2) is 8.78 Å². The zero-order valence-corrected chi connectivity index (χ0v) is 9.82. The molecule has 0 saturated heterocycles. The summed E-state index contributed by atoms with van der Waals surface area (Å²) in [6.07, 6.45) is 1.32. The molecular weight excluding hydrogens is 234 g/mol. The number of anilines is 1. The summed E-state index contributed by atoms with van der Waals surface area (Å²) in [5, 5.41) is 3.91. The van der Waals surface area contributed by atoms with Crippen LogP contribution in [0, 0.1) is 18.6 Å². The molecule has 2 aromatic rings. The molecule has 0 fully saturated rings. The molecule has 0 amide bonds. The number of nitrogens with one attached hydrogen (secondary N) is 1. The molecule has 0 aromatic heterocycles. The van der Waals surface area contributed by atoms with Gasteiger partial charge in [0.25, 0.3) is 0 Å². The number of rotatable bonds is 3. The maximum absolute atomic E-state index is 13.3. The molecule has 0 aliphatic rings. The summed E-state index contributed by atoms with van der Waals surface area (Å²) in [6.45, 7) is 1.97. The summed E-state index contributed by atoms with van der Waals surface area (Å²) in [7, 11) is 0. The van der Waals surface area contributed by atoms with Gasteiger partial charge in [0, 0.05) is 11.6 Å². The fraction of sp³-hybridized carbons (Fsp3) is 0.0714. The Kier molecular flexibility index (Phi) is 3.67. The summed E-state index contributed by atoms with van der Waals surface area (Å²) >= 11 is 0. The molecule has 4 heteroatoms. The summed E-state index contributed by atoms with van der Waals surface area (Å²) < 4.78 is 26.0. The minimum absolute atomic E-state index is 0.233. The van der Waals surface area contributed by atoms with Gasteiger partial charge in [-0.1, -0.05) is 12.1 Å². The minimum atomic E-state index is -0.634. The molecule has 2 rings (SSSR count). The Morgan fingerprint density at radius 2 is 1.94 bits per heavy atom. The van der Waals surface area contributed by atoms with E-state index in [0.29, 0.717) is 0 Å². The van der Waals surface area contributed by atoms with E-state index in [-0.39, 0.29) is 5.56 Å². The Bertz CT molecular complexity index is 580. The molecule has 1 N–H and O–H groups in total. The molecule has 0 radical (unpaired) electrons. The van der Waals surface area contributed by atoms with E-state index in [2.05, 4.69) is 10.5 Å². The zero-order valence-electron chi connectivity index (χ0n) is 9.82. The topological polar surface area (TPSA) is 24.4 Å². The van der Waals surface area contributed by atoms with E-state index in [1.165, 1.54) is 18.3 Å². The Hall–Kier alpha value is -2.23. The van der Waals surface area contributed by atoms with Gasteiger partial charge in [-0.15, -0.1) is 0 Å². The average molecular weight is 246 g/mol. The van der Waals surface area contributed by atoms with Crippen LogP contribution >= 0.6 is 0 Å². The van der Waals surface area contributed by atoms with Crippen LogP contribution in [0.25, 0.3) is 0 Å². The number of hydrogen-bond donors (Lipinski definition) is 1. The van der Waals surface area contributed by atoms with Crippen molar-refractivity contribution >= 4 is 11.9 Å². The van der Waals surface area contributed by atoms with Crippen molar-refractivity contribution in [3.63, 3.8) is 0 Å². The molecule has 0 spiro atoms. The van der Waals surface area contributed by atoms with E-state index < -0.39 is 11.6 Å². The van der Waals surface area contributed by atoms with Gasteiger partial charge in [0.15, 0.2) is 0 Å². The average Bonchev–Trinajstić information content (AvgIpc) is 2.32. The Morgan fingerprint density at radius 1 is 1.11 bits per heavy atom. The van der Waals surface area contributed by atoms with Crippen molar-refractivity contribution in [3.05, 3.63) is 65.2 Å².